The number of thiocarbonyl (C=S) groups is 1. The largest absolute Gasteiger partial charge is 0.392 e. The lowest BCUT2D eigenvalue weighted by molar-refractivity contribution is -0.140. The van der Waals surface area contributed by atoms with Crippen LogP contribution in [0.1, 0.15) is 20.3 Å². The lowest BCUT2D eigenvalue weighted by atomic mass is 9.94. The zero-order valence-corrected chi connectivity index (χ0v) is 10.7. The first-order valence-corrected chi connectivity index (χ1v) is 5.76. The third-order valence-electron chi connectivity index (χ3n) is 2.91. The quantitative estimate of drug-likeness (QED) is 0.450. The van der Waals surface area contributed by atoms with E-state index in [0.29, 0.717) is 13.0 Å². The van der Waals surface area contributed by atoms with Crippen LogP contribution >= 0.6 is 12.2 Å². The lowest BCUT2D eigenvalue weighted by Crippen LogP contribution is -2.55. The Morgan fingerprint density at radius 3 is 2.65 bits per heavy atom. The van der Waals surface area contributed by atoms with Gasteiger partial charge in [0.1, 0.15) is 0 Å². The molecule has 2 amide bonds. The lowest BCUT2D eigenvalue weighted by Gasteiger charge is -2.28. The summed E-state index contributed by atoms with van der Waals surface area (Å²) >= 11 is 4.60. The fourth-order valence-corrected chi connectivity index (χ4v) is 1.64. The van der Waals surface area contributed by atoms with E-state index in [2.05, 4.69) is 22.9 Å². The van der Waals surface area contributed by atoms with E-state index >= 15 is 0 Å². The standard InChI is InChI=1S/C10H17N3O3S/c1-6-10(2,3-4-16-6)13-9(15)8(14)12-5-7(11)17/h6H,3-5H2,1-2H3,(H2,11,17)(H,12,14)(H,13,15). The van der Waals surface area contributed by atoms with Crippen LogP contribution in [-0.4, -0.2) is 41.6 Å². The van der Waals surface area contributed by atoms with Crippen molar-refractivity contribution in [1.29, 1.82) is 0 Å². The second-order valence-electron chi connectivity index (χ2n) is 4.28. The summed E-state index contributed by atoms with van der Waals surface area (Å²) in [6.45, 7) is 4.31. The Balaban J connectivity index is 2.48. The second kappa shape index (κ2) is 5.42. The highest BCUT2D eigenvalue weighted by atomic mass is 32.1. The van der Waals surface area contributed by atoms with Crippen LogP contribution in [0.4, 0.5) is 0 Å². The Morgan fingerprint density at radius 1 is 1.53 bits per heavy atom. The molecular weight excluding hydrogens is 242 g/mol. The van der Waals surface area contributed by atoms with Crippen molar-refractivity contribution in [1.82, 2.24) is 10.6 Å². The Bertz CT molecular complexity index is 348. The zero-order chi connectivity index (χ0) is 13.1. The number of carbonyl (C=O) groups excluding carboxylic acids is 2. The number of ether oxygens (including phenoxy) is 1. The van der Waals surface area contributed by atoms with E-state index in [1.165, 1.54) is 0 Å². The van der Waals surface area contributed by atoms with Crippen LogP contribution in [-0.2, 0) is 14.3 Å². The normalized spacial score (nSPS) is 27.5. The molecule has 6 nitrogen and oxygen atoms in total. The highest BCUT2D eigenvalue weighted by Crippen LogP contribution is 2.24. The van der Waals surface area contributed by atoms with Gasteiger partial charge in [0.05, 0.1) is 23.2 Å². The molecule has 1 aliphatic rings. The van der Waals surface area contributed by atoms with Gasteiger partial charge in [-0.15, -0.1) is 0 Å². The van der Waals surface area contributed by atoms with Gasteiger partial charge in [0.2, 0.25) is 0 Å². The number of nitrogens with two attached hydrogens (primary N) is 1. The molecule has 1 saturated heterocycles. The first-order valence-electron chi connectivity index (χ1n) is 5.35. The molecule has 2 atom stereocenters. The van der Waals surface area contributed by atoms with Gasteiger partial charge in [-0.3, -0.25) is 9.59 Å². The minimum Gasteiger partial charge on any atom is -0.392 e. The third-order valence-corrected chi connectivity index (χ3v) is 3.06. The van der Waals surface area contributed by atoms with Gasteiger partial charge >= 0.3 is 11.8 Å². The van der Waals surface area contributed by atoms with E-state index in [4.69, 9.17) is 10.5 Å². The summed E-state index contributed by atoms with van der Waals surface area (Å²) < 4.78 is 5.36. The van der Waals surface area contributed by atoms with Crippen molar-refractivity contribution in [3.8, 4) is 0 Å². The van der Waals surface area contributed by atoms with Crippen molar-refractivity contribution in [2.24, 2.45) is 5.73 Å². The Kier molecular flexibility index (Phi) is 4.41. The maximum atomic E-state index is 11.6. The number of carbonyl (C=O) groups is 2. The summed E-state index contributed by atoms with van der Waals surface area (Å²) in [6.07, 6.45) is 0.567. The zero-order valence-electron chi connectivity index (χ0n) is 9.91. The molecule has 1 rings (SSSR count). The Hall–Kier alpha value is -1.21. The molecule has 0 radical (unpaired) electrons. The third kappa shape index (κ3) is 3.64. The molecule has 0 saturated carbocycles. The molecule has 1 aliphatic heterocycles. The molecular formula is C10H17N3O3S. The maximum absolute atomic E-state index is 11.6. The highest BCUT2D eigenvalue weighted by Gasteiger charge is 2.39. The van der Waals surface area contributed by atoms with Gasteiger partial charge in [0.25, 0.3) is 0 Å². The average molecular weight is 259 g/mol. The van der Waals surface area contributed by atoms with Crippen LogP contribution < -0.4 is 16.4 Å². The monoisotopic (exact) mass is 259 g/mol. The van der Waals surface area contributed by atoms with Gasteiger partial charge in [0.15, 0.2) is 0 Å². The minimum atomic E-state index is -0.738. The van der Waals surface area contributed by atoms with E-state index in [1.54, 1.807) is 0 Å². The molecule has 4 N–H and O–H groups in total. The first-order chi connectivity index (χ1) is 7.85. The van der Waals surface area contributed by atoms with Gasteiger partial charge in [0, 0.05) is 6.61 Å². The minimum absolute atomic E-state index is 0.0182. The number of hydrogen-bond donors (Lipinski definition) is 3. The highest BCUT2D eigenvalue weighted by molar-refractivity contribution is 7.80. The molecule has 0 aliphatic carbocycles. The van der Waals surface area contributed by atoms with E-state index in [-0.39, 0.29) is 17.6 Å². The molecule has 0 aromatic rings. The Morgan fingerprint density at radius 2 is 2.18 bits per heavy atom. The van der Waals surface area contributed by atoms with Gasteiger partial charge in [-0.2, -0.15) is 0 Å². The van der Waals surface area contributed by atoms with Gasteiger partial charge in [-0.1, -0.05) is 12.2 Å². The van der Waals surface area contributed by atoms with Gasteiger partial charge in [-0.05, 0) is 20.3 Å². The first kappa shape index (κ1) is 13.9. The molecule has 96 valence electrons. The van der Waals surface area contributed by atoms with Crippen molar-refractivity contribution >= 4 is 29.0 Å². The van der Waals surface area contributed by atoms with Crippen LogP contribution in [0.5, 0.6) is 0 Å². The summed E-state index contributed by atoms with van der Waals surface area (Å²) in [5.74, 6) is -1.43. The molecule has 0 aromatic heterocycles. The number of nitrogens with one attached hydrogen (secondary N) is 2. The summed E-state index contributed by atoms with van der Waals surface area (Å²) in [5, 5.41) is 5.00. The number of rotatable bonds is 3. The van der Waals surface area contributed by atoms with Crippen molar-refractivity contribution in [2.75, 3.05) is 13.2 Å². The van der Waals surface area contributed by atoms with Crippen LogP contribution in [0.3, 0.4) is 0 Å². The van der Waals surface area contributed by atoms with E-state index in [1.807, 2.05) is 13.8 Å². The van der Waals surface area contributed by atoms with E-state index in [0.717, 1.165) is 0 Å². The molecule has 1 heterocycles. The van der Waals surface area contributed by atoms with Crippen LogP contribution in [0.2, 0.25) is 0 Å². The Labute approximate surface area is 105 Å². The summed E-state index contributed by atoms with van der Waals surface area (Å²) in [6, 6.07) is 0. The topological polar surface area (TPSA) is 93.4 Å². The van der Waals surface area contributed by atoms with E-state index in [9.17, 15) is 9.59 Å². The molecule has 1 fully saturated rings. The predicted octanol–water partition coefficient (Wildman–Crippen LogP) is -0.928. The average Bonchev–Trinajstić information content (AvgIpc) is 2.55. The fraction of sp³-hybridized carbons (Fsp3) is 0.700. The van der Waals surface area contributed by atoms with Gasteiger partial charge in [-0.25, -0.2) is 0 Å². The van der Waals surface area contributed by atoms with Crippen molar-refractivity contribution in [2.45, 2.75) is 31.9 Å². The number of amides is 2. The van der Waals surface area contributed by atoms with Crippen LogP contribution in [0, 0.1) is 0 Å². The van der Waals surface area contributed by atoms with Crippen molar-refractivity contribution in [3.05, 3.63) is 0 Å². The molecule has 0 aromatic carbocycles. The van der Waals surface area contributed by atoms with Crippen LogP contribution in [0.25, 0.3) is 0 Å². The molecule has 2 unspecified atom stereocenters. The van der Waals surface area contributed by atoms with E-state index < -0.39 is 17.4 Å². The molecule has 0 bridgehead atoms. The maximum Gasteiger partial charge on any atom is 0.309 e. The summed E-state index contributed by atoms with van der Waals surface area (Å²) in [5.41, 5.74) is 4.72. The second-order valence-corrected chi connectivity index (χ2v) is 4.81. The smallest absolute Gasteiger partial charge is 0.309 e. The van der Waals surface area contributed by atoms with Crippen molar-refractivity contribution < 1.29 is 14.3 Å². The number of hydrogen-bond acceptors (Lipinski definition) is 4. The SMILES string of the molecule is CC1OCCC1(C)NC(=O)C(=O)NCC(N)=S. The molecule has 17 heavy (non-hydrogen) atoms. The molecule has 7 heteroatoms. The predicted molar refractivity (Wildman–Crippen MR) is 66.4 cm³/mol. The van der Waals surface area contributed by atoms with Crippen molar-refractivity contribution in [3.63, 3.8) is 0 Å². The van der Waals surface area contributed by atoms with Crippen LogP contribution in [0.15, 0.2) is 0 Å². The summed E-state index contributed by atoms with van der Waals surface area (Å²) in [4.78, 5) is 23.1. The fourth-order valence-electron chi connectivity index (χ4n) is 1.56. The summed E-state index contributed by atoms with van der Waals surface area (Å²) in [7, 11) is 0. The molecule has 0 spiro atoms. The van der Waals surface area contributed by atoms with Gasteiger partial charge < -0.3 is 21.1 Å².